The molecule has 0 bridgehead atoms. The lowest BCUT2D eigenvalue weighted by Gasteiger charge is -2.06. The van der Waals surface area contributed by atoms with E-state index in [1.807, 2.05) is 0 Å². The minimum Gasteiger partial charge on any atom is -0.466 e. The van der Waals surface area contributed by atoms with Gasteiger partial charge in [0, 0.05) is 11.3 Å². The van der Waals surface area contributed by atoms with Crippen LogP contribution < -0.4 is 11.1 Å². The van der Waals surface area contributed by atoms with Crippen molar-refractivity contribution in [1.29, 1.82) is 0 Å². The molecule has 1 heterocycles. The summed E-state index contributed by atoms with van der Waals surface area (Å²) in [6.07, 6.45) is 0. The summed E-state index contributed by atoms with van der Waals surface area (Å²) >= 11 is 6.04. The Kier molecular flexibility index (Phi) is 4.69. The smallest absolute Gasteiger partial charge is 0.259 e. The predicted molar refractivity (Wildman–Crippen MR) is 83.5 cm³/mol. The second-order valence-electron chi connectivity index (χ2n) is 4.48. The molecule has 1 amide bonds. The lowest BCUT2D eigenvalue weighted by atomic mass is 10.2. The van der Waals surface area contributed by atoms with Crippen LogP contribution >= 0.6 is 11.6 Å². The molecule has 0 fully saturated rings. The first-order chi connectivity index (χ1) is 10.0. The lowest BCUT2D eigenvalue weighted by Crippen LogP contribution is -2.12. The zero-order valence-corrected chi connectivity index (χ0v) is 12.5. The summed E-state index contributed by atoms with van der Waals surface area (Å²) in [7, 11) is 0. The van der Waals surface area contributed by atoms with Gasteiger partial charge in [0.15, 0.2) is 0 Å². The molecular formula is C16H15ClN2O2. The summed E-state index contributed by atoms with van der Waals surface area (Å²) in [5, 5.41) is 3.32. The fourth-order valence-electron chi connectivity index (χ4n) is 1.90. The molecule has 5 heteroatoms. The van der Waals surface area contributed by atoms with E-state index < -0.39 is 0 Å². The molecule has 0 saturated heterocycles. The second-order valence-corrected chi connectivity index (χ2v) is 4.89. The number of halogens is 1. The molecule has 0 spiro atoms. The normalized spacial score (nSPS) is 9.90. The van der Waals surface area contributed by atoms with E-state index in [4.69, 9.17) is 21.8 Å². The molecule has 4 nitrogen and oxygen atoms in total. The molecule has 0 radical (unpaired) electrons. The van der Waals surface area contributed by atoms with Crippen molar-refractivity contribution in [3.8, 4) is 11.8 Å². The summed E-state index contributed by atoms with van der Waals surface area (Å²) in [5.74, 6) is 6.65. The van der Waals surface area contributed by atoms with E-state index in [9.17, 15) is 4.79 Å². The highest BCUT2D eigenvalue weighted by Gasteiger charge is 2.14. The molecule has 1 aromatic carbocycles. The third-order valence-corrected chi connectivity index (χ3v) is 3.16. The highest BCUT2D eigenvalue weighted by molar-refractivity contribution is 6.31. The maximum absolute atomic E-state index is 12.2. The van der Waals surface area contributed by atoms with Crippen LogP contribution in [0.25, 0.3) is 0 Å². The van der Waals surface area contributed by atoms with E-state index in [2.05, 4.69) is 17.2 Å². The summed E-state index contributed by atoms with van der Waals surface area (Å²) in [6.45, 7) is 3.80. The fourth-order valence-corrected chi connectivity index (χ4v) is 2.06. The number of carbonyl (C=O) groups excluding carboxylic acids is 1. The molecule has 0 aliphatic rings. The Morgan fingerprint density at radius 1 is 1.38 bits per heavy atom. The van der Waals surface area contributed by atoms with Crippen LogP contribution in [0.2, 0.25) is 5.02 Å². The Morgan fingerprint density at radius 3 is 2.76 bits per heavy atom. The van der Waals surface area contributed by atoms with Gasteiger partial charge in [-0.3, -0.25) is 4.79 Å². The quantitative estimate of drug-likeness (QED) is 0.838. The highest BCUT2D eigenvalue weighted by atomic mass is 35.5. The number of aryl methyl sites for hydroxylation is 2. The molecule has 0 unspecified atom stereocenters. The minimum atomic E-state index is -0.232. The van der Waals surface area contributed by atoms with Gasteiger partial charge < -0.3 is 15.5 Å². The molecule has 108 valence electrons. The molecule has 2 aromatic rings. The maximum Gasteiger partial charge on any atom is 0.259 e. The summed E-state index contributed by atoms with van der Waals surface area (Å²) < 4.78 is 5.35. The number of rotatable bonds is 2. The van der Waals surface area contributed by atoms with Crippen LogP contribution in [0.1, 0.15) is 27.4 Å². The first kappa shape index (κ1) is 15.2. The van der Waals surface area contributed by atoms with Crippen molar-refractivity contribution >= 4 is 23.2 Å². The highest BCUT2D eigenvalue weighted by Crippen LogP contribution is 2.21. The van der Waals surface area contributed by atoms with Crippen LogP contribution in [0, 0.1) is 25.7 Å². The van der Waals surface area contributed by atoms with Crippen molar-refractivity contribution in [2.75, 3.05) is 11.9 Å². The zero-order valence-electron chi connectivity index (χ0n) is 11.8. The molecule has 21 heavy (non-hydrogen) atoms. The zero-order chi connectivity index (χ0) is 15.4. The fraction of sp³-hybridized carbons (Fsp3) is 0.188. The molecular weight excluding hydrogens is 288 g/mol. The summed E-state index contributed by atoms with van der Waals surface area (Å²) in [6, 6.07) is 6.82. The molecule has 0 aliphatic heterocycles. The molecule has 0 saturated carbocycles. The Morgan fingerprint density at radius 2 is 2.14 bits per heavy atom. The number of hydrogen-bond acceptors (Lipinski definition) is 3. The van der Waals surface area contributed by atoms with Gasteiger partial charge in [0.05, 0.1) is 17.1 Å². The van der Waals surface area contributed by atoms with E-state index in [0.717, 1.165) is 0 Å². The van der Waals surface area contributed by atoms with E-state index in [0.29, 0.717) is 33.4 Å². The van der Waals surface area contributed by atoms with Crippen molar-refractivity contribution in [3.05, 3.63) is 51.9 Å². The van der Waals surface area contributed by atoms with Gasteiger partial charge in [0.2, 0.25) is 0 Å². The van der Waals surface area contributed by atoms with Crippen LogP contribution in [0.15, 0.2) is 28.7 Å². The molecule has 3 N–H and O–H groups in total. The first-order valence-corrected chi connectivity index (χ1v) is 6.76. The molecule has 1 aromatic heterocycles. The standard InChI is InChI=1S/C16H15ClN2O2/c1-10-8-14(11(2)21-10)16(20)19-13-5-6-15(17)12(9-13)4-3-7-18/h5-6,8-9H,7,18H2,1-2H3,(H,19,20). The lowest BCUT2D eigenvalue weighted by molar-refractivity contribution is 0.102. The van der Waals surface area contributed by atoms with E-state index in [-0.39, 0.29) is 12.5 Å². The Balaban J connectivity index is 2.23. The summed E-state index contributed by atoms with van der Waals surface area (Å²) in [5.41, 5.74) is 7.09. The molecule has 0 aliphatic carbocycles. The van der Waals surface area contributed by atoms with Crippen molar-refractivity contribution in [2.24, 2.45) is 5.73 Å². The van der Waals surface area contributed by atoms with Gasteiger partial charge in [-0.05, 0) is 38.1 Å². The maximum atomic E-state index is 12.2. The van der Waals surface area contributed by atoms with E-state index >= 15 is 0 Å². The number of furan rings is 1. The van der Waals surface area contributed by atoms with Gasteiger partial charge in [-0.15, -0.1) is 0 Å². The van der Waals surface area contributed by atoms with Gasteiger partial charge in [-0.2, -0.15) is 0 Å². The number of benzene rings is 1. The predicted octanol–water partition coefficient (Wildman–Crippen LogP) is 3.11. The van der Waals surface area contributed by atoms with Crippen LogP contribution in [0.3, 0.4) is 0 Å². The Labute approximate surface area is 128 Å². The van der Waals surface area contributed by atoms with Gasteiger partial charge in [0.25, 0.3) is 5.91 Å². The average molecular weight is 303 g/mol. The van der Waals surface area contributed by atoms with Gasteiger partial charge in [0.1, 0.15) is 11.5 Å². The second kappa shape index (κ2) is 6.49. The van der Waals surface area contributed by atoms with Crippen molar-refractivity contribution in [1.82, 2.24) is 0 Å². The Bertz CT molecular complexity index is 738. The average Bonchev–Trinajstić information content (AvgIpc) is 2.78. The largest absolute Gasteiger partial charge is 0.466 e. The van der Waals surface area contributed by atoms with Crippen molar-refractivity contribution < 1.29 is 9.21 Å². The van der Waals surface area contributed by atoms with Gasteiger partial charge >= 0.3 is 0 Å². The van der Waals surface area contributed by atoms with Gasteiger partial charge in [-0.25, -0.2) is 0 Å². The number of nitrogens with one attached hydrogen (secondary N) is 1. The number of nitrogens with two attached hydrogens (primary N) is 1. The third kappa shape index (κ3) is 3.66. The molecule has 0 atom stereocenters. The number of hydrogen-bond donors (Lipinski definition) is 2. The van der Waals surface area contributed by atoms with Crippen LogP contribution in [-0.2, 0) is 0 Å². The van der Waals surface area contributed by atoms with Crippen molar-refractivity contribution in [2.45, 2.75) is 13.8 Å². The summed E-state index contributed by atoms with van der Waals surface area (Å²) in [4.78, 5) is 12.2. The van der Waals surface area contributed by atoms with E-state index in [1.54, 1.807) is 38.1 Å². The third-order valence-electron chi connectivity index (χ3n) is 2.83. The topological polar surface area (TPSA) is 68.3 Å². The molecule has 2 rings (SSSR count). The SMILES string of the molecule is Cc1cc(C(=O)Nc2ccc(Cl)c(C#CCN)c2)c(C)o1. The van der Waals surface area contributed by atoms with Gasteiger partial charge in [-0.1, -0.05) is 23.4 Å². The Hall–Kier alpha value is -2.22. The first-order valence-electron chi connectivity index (χ1n) is 6.38. The number of amides is 1. The van der Waals surface area contributed by atoms with Crippen molar-refractivity contribution in [3.63, 3.8) is 0 Å². The monoisotopic (exact) mass is 302 g/mol. The van der Waals surface area contributed by atoms with E-state index in [1.165, 1.54) is 0 Å². The van der Waals surface area contributed by atoms with Crippen LogP contribution in [-0.4, -0.2) is 12.5 Å². The number of anilines is 1. The minimum absolute atomic E-state index is 0.232. The van der Waals surface area contributed by atoms with Crippen LogP contribution in [0.5, 0.6) is 0 Å². The number of carbonyl (C=O) groups is 1. The van der Waals surface area contributed by atoms with Crippen LogP contribution in [0.4, 0.5) is 5.69 Å².